The Bertz CT molecular complexity index is 287. The van der Waals surface area contributed by atoms with E-state index in [1.165, 1.54) is 0 Å². The highest BCUT2D eigenvalue weighted by Crippen LogP contribution is 2.32. The molecule has 0 heterocycles. The van der Waals surface area contributed by atoms with Crippen molar-refractivity contribution < 1.29 is 9.59 Å². The van der Waals surface area contributed by atoms with Crippen LogP contribution in [0, 0.1) is 17.8 Å². The first-order chi connectivity index (χ1) is 6.65. The lowest BCUT2D eigenvalue weighted by atomic mass is 9.93. The van der Waals surface area contributed by atoms with E-state index < -0.39 is 0 Å². The maximum Gasteiger partial charge on any atom is 0.136 e. The van der Waals surface area contributed by atoms with Crippen LogP contribution in [0.25, 0.3) is 0 Å². The summed E-state index contributed by atoms with van der Waals surface area (Å²) in [5.41, 5.74) is 0. The molecule has 0 N–H and O–H groups in total. The smallest absolute Gasteiger partial charge is 0.136 e. The summed E-state index contributed by atoms with van der Waals surface area (Å²) in [6.45, 7) is 1.88. The first kappa shape index (κ1) is 9.63. The van der Waals surface area contributed by atoms with E-state index in [4.69, 9.17) is 0 Å². The van der Waals surface area contributed by atoms with Gasteiger partial charge in [0.2, 0.25) is 0 Å². The number of Topliss-reactive ketones (excluding diaryl/α,β-unsaturated/α-hetero) is 2. The Kier molecular flexibility index (Phi) is 2.53. The number of hydrogen-bond acceptors (Lipinski definition) is 2. The van der Waals surface area contributed by atoms with Gasteiger partial charge in [0.05, 0.1) is 0 Å². The van der Waals surface area contributed by atoms with E-state index in [0.29, 0.717) is 31.1 Å². The summed E-state index contributed by atoms with van der Waals surface area (Å²) < 4.78 is 0. The summed E-state index contributed by atoms with van der Waals surface area (Å²) >= 11 is 0. The lowest BCUT2D eigenvalue weighted by Crippen LogP contribution is -2.16. The Morgan fingerprint density at radius 2 is 1.71 bits per heavy atom. The average molecular weight is 192 g/mol. The third-order valence-electron chi connectivity index (χ3n) is 3.30. The van der Waals surface area contributed by atoms with Gasteiger partial charge in [0.15, 0.2) is 0 Å². The third kappa shape index (κ3) is 1.94. The fourth-order valence-electron chi connectivity index (χ4n) is 2.45. The summed E-state index contributed by atoms with van der Waals surface area (Å²) in [5, 5.41) is 0. The fourth-order valence-corrected chi connectivity index (χ4v) is 2.45. The molecule has 76 valence electrons. The maximum atomic E-state index is 11.7. The molecule has 0 saturated heterocycles. The van der Waals surface area contributed by atoms with Gasteiger partial charge in [0, 0.05) is 25.2 Å². The highest BCUT2D eigenvalue weighted by Gasteiger charge is 2.28. The van der Waals surface area contributed by atoms with E-state index in [1.54, 1.807) is 0 Å². The number of carbonyl (C=O) groups is 2. The number of hydrogen-bond donors (Lipinski definition) is 0. The zero-order valence-electron chi connectivity index (χ0n) is 8.53. The predicted molar refractivity (Wildman–Crippen MR) is 53.8 cm³/mol. The Labute approximate surface area is 84.4 Å². The minimum atomic E-state index is -0.0600. The minimum Gasteiger partial charge on any atom is -0.300 e. The van der Waals surface area contributed by atoms with Gasteiger partial charge >= 0.3 is 0 Å². The van der Waals surface area contributed by atoms with Crippen LogP contribution < -0.4 is 0 Å². The fraction of sp³-hybridized carbons (Fsp3) is 0.667. The molecule has 2 rings (SSSR count). The van der Waals surface area contributed by atoms with Crippen molar-refractivity contribution in [1.82, 2.24) is 0 Å². The number of carbonyl (C=O) groups excluding carboxylic acids is 2. The van der Waals surface area contributed by atoms with Crippen molar-refractivity contribution in [2.45, 2.75) is 32.6 Å². The molecule has 0 aromatic rings. The van der Waals surface area contributed by atoms with Gasteiger partial charge < -0.3 is 0 Å². The summed E-state index contributed by atoms with van der Waals surface area (Å²) in [6.07, 6.45) is 6.98. The Morgan fingerprint density at radius 3 is 2.43 bits per heavy atom. The molecular formula is C12H16O2. The van der Waals surface area contributed by atoms with Crippen molar-refractivity contribution in [2.24, 2.45) is 17.8 Å². The molecule has 0 aromatic heterocycles. The number of rotatable bonds is 0. The first-order valence-corrected chi connectivity index (χ1v) is 5.38. The third-order valence-corrected chi connectivity index (χ3v) is 3.30. The highest BCUT2D eigenvalue weighted by molar-refractivity contribution is 5.88. The van der Waals surface area contributed by atoms with Gasteiger partial charge in [-0.1, -0.05) is 19.1 Å². The van der Waals surface area contributed by atoms with E-state index in [9.17, 15) is 9.59 Å². The summed E-state index contributed by atoms with van der Waals surface area (Å²) in [7, 11) is 0. The molecule has 0 aliphatic heterocycles. The van der Waals surface area contributed by atoms with Crippen LogP contribution >= 0.6 is 0 Å². The first-order valence-electron chi connectivity index (χ1n) is 5.38. The summed E-state index contributed by atoms with van der Waals surface area (Å²) in [5.74, 6) is 1.26. The van der Waals surface area contributed by atoms with E-state index in [0.717, 1.165) is 6.42 Å². The average Bonchev–Trinajstić information content (AvgIpc) is 2.51. The van der Waals surface area contributed by atoms with Crippen molar-refractivity contribution in [3.05, 3.63) is 12.2 Å². The lowest BCUT2D eigenvalue weighted by Gasteiger charge is -2.10. The van der Waals surface area contributed by atoms with Crippen LogP contribution in [0.4, 0.5) is 0 Å². The van der Waals surface area contributed by atoms with Crippen LogP contribution in [0.2, 0.25) is 0 Å². The molecule has 2 aliphatic carbocycles. The van der Waals surface area contributed by atoms with Gasteiger partial charge in [-0.25, -0.2) is 0 Å². The predicted octanol–water partition coefficient (Wildman–Crippen LogP) is 2.14. The Balaban J connectivity index is 2.15. The van der Waals surface area contributed by atoms with Crippen LogP contribution in [0.5, 0.6) is 0 Å². The van der Waals surface area contributed by atoms with Gasteiger partial charge in [0.25, 0.3) is 0 Å². The van der Waals surface area contributed by atoms with Crippen LogP contribution in [0.1, 0.15) is 32.6 Å². The molecule has 2 aliphatic rings. The molecule has 2 bridgehead atoms. The second-order valence-corrected chi connectivity index (χ2v) is 4.66. The Morgan fingerprint density at radius 1 is 1.07 bits per heavy atom. The van der Waals surface area contributed by atoms with Gasteiger partial charge in [0.1, 0.15) is 11.6 Å². The van der Waals surface area contributed by atoms with E-state index in [2.05, 4.69) is 12.2 Å². The molecule has 0 aromatic carbocycles. The van der Waals surface area contributed by atoms with Crippen molar-refractivity contribution in [3.63, 3.8) is 0 Å². The standard InChI is InChI=1S/C12H16O2/c1-8-4-11(13)6-9-2-3-10(5-9)7-12(8)14/h2-3,8-10H,4-7H2,1H3/t8?,9-,10+/m0/s1. The summed E-state index contributed by atoms with van der Waals surface area (Å²) in [4.78, 5) is 23.2. The highest BCUT2D eigenvalue weighted by atomic mass is 16.1. The van der Waals surface area contributed by atoms with Crippen LogP contribution in [0.3, 0.4) is 0 Å². The number of allylic oxidation sites excluding steroid dienone is 2. The summed E-state index contributed by atoms with van der Waals surface area (Å²) in [6, 6.07) is 0. The molecule has 0 amide bonds. The topological polar surface area (TPSA) is 34.1 Å². The molecule has 1 fully saturated rings. The van der Waals surface area contributed by atoms with E-state index >= 15 is 0 Å². The SMILES string of the molecule is CC1CC(=O)C[C@H]2C=C[C@@H](CC1=O)C2. The van der Waals surface area contributed by atoms with Gasteiger partial charge in [-0.05, 0) is 18.3 Å². The molecule has 1 unspecified atom stereocenters. The largest absolute Gasteiger partial charge is 0.300 e. The minimum absolute atomic E-state index is 0.0600. The molecular weight excluding hydrogens is 176 g/mol. The van der Waals surface area contributed by atoms with Gasteiger partial charge in [-0.3, -0.25) is 9.59 Å². The van der Waals surface area contributed by atoms with Crippen molar-refractivity contribution >= 4 is 11.6 Å². The van der Waals surface area contributed by atoms with Gasteiger partial charge in [-0.15, -0.1) is 0 Å². The normalized spacial score (nSPS) is 37.9. The van der Waals surface area contributed by atoms with Crippen LogP contribution in [-0.2, 0) is 9.59 Å². The van der Waals surface area contributed by atoms with Gasteiger partial charge in [-0.2, -0.15) is 0 Å². The molecule has 3 atom stereocenters. The molecule has 2 nitrogen and oxygen atoms in total. The van der Waals surface area contributed by atoms with Crippen molar-refractivity contribution in [3.8, 4) is 0 Å². The van der Waals surface area contributed by atoms with Crippen LogP contribution in [-0.4, -0.2) is 11.6 Å². The zero-order valence-corrected chi connectivity index (χ0v) is 8.53. The molecule has 0 radical (unpaired) electrons. The second-order valence-electron chi connectivity index (χ2n) is 4.66. The monoisotopic (exact) mass is 192 g/mol. The van der Waals surface area contributed by atoms with E-state index in [1.807, 2.05) is 6.92 Å². The molecule has 1 saturated carbocycles. The molecule has 0 spiro atoms. The zero-order chi connectivity index (χ0) is 10.1. The van der Waals surface area contributed by atoms with E-state index in [-0.39, 0.29) is 17.5 Å². The van der Waals surface area contributed by atoms with Crippen molar-refractivity contribution in [1.29, 1.82) is 0 Å². The molecule has 14 heavy (non-hydrogen) atoms. The molecule has 2 heteroatoms. The van der Waals surface area contributed by atoms with Crippen molar-refractivity contribution in [2.75, 3.05) is 0 Å². The number of ketones is 2. The quantitative estimate of drug-likeness (QED) is 0.551. The van der Waals surface area contributed by atoms with Crippen LogP contribution in [0.15, 0.2) is 12.2 Å². The Hall–Kier alpha value is -0.920. The lowest BCUT2D eigenvalue weighted by molar-refractivity contribution is -0.127. The number of fused-ring (bicyclic) bond motifs is 2. The maximum absolute atomic E-state index is 11.7. The second kappa shape index (κ2) is 3.68.